The van der Waals surface area contributed by atoms with Crippen LogP contribution >= 0.6 is 22.6 Å². The number of fused-ring (bicyclic) bond motifs is 1. The molecule has 1 saturated heterocycles. The molecule has 16 heavy (non-hydrogen) atoms. The second kappa shape index (κ2) is 4.12. The molecule has 0 bridgehead atoms. The van der Waals surface area contributed by atoms with Gasteiger partial charge in [-0.15, -0.1) is 0 Å². The van der Waals surface area contributed by atoms with Gasteiger partial charge in [0.1, 0.15) is 12.2 Å². The minimum Gasteiger partial charge on any atom is -0.466 e. The SMILES string of the molecule is COC(=O)C1=C(I)C=C[C@@H]2OC(C)(C)O[C@H]12. The van der Waals surface area contributed by atoms with E-state index in [4.69, 9.17) is 14.2 Å². The van der Waals surface area contributed by atoms with Crippen LogP contribution in [0, 0.1) is 0 Å². The van der Waals surface area contributed by atoms with Crippen molar-refractivity contribution in [3.63, 3.8) is 0 Å². The lowest BCUT2D eigenvalue weighted by Gasteiger charge is -2.20. The Balaban J connectivity index is 2.35. The average molecular weight is 336 g/mol. The lowest BCUT2D eigenvalue weighted by atomic mass is 9.99. The van der Waals surface area contributed by atoms with Gasteiger partial charge in [0, 0.05) is 3.58 Å². The van der Waals surface area contributed by atoms with Crippen molar-refractivity contribution < 1.29 is 19.0 Å². The van der Waals surface area contributed by atoms with E-state index in [-0.39, 0.29) is 18.2 Å². The third kappa shape index (κ3) is 2.03. The number of esters is 1. The summed E-state index contributed by atoms with van der Waals surface area (Å²) in [5.74, 6) is -1.02. The molecule has 4 nitrogen and oxygen atoms in total. The molecule has 2 aliphatic rings. The van der Waals surface area contributed by atoms with Gasteiger partial charge >= 0.3 is 5.97 Å². The summed E-state index contributed by atoms with van der Waals surface area (Å²) >= 11 is 2.10. The molecule has 5 heteroatoms. The van der Waals surface area contributed by atoms with E-state index in [2.05, 4.69) is 22.6 Å². The number of halogens is 1. The molecule has 1 aliphatic heterocycles. The lowest BCUT2D eigenvalue weighted by Crippen LogP contribution is -2.30. The van der Waals surface area contributed by atoms with E-state index in [1.165, 1.54) is 7.11 Å². The van der Waals surface area contributed by atoms with E-state index in [9.17, 15) is 4.79 Å². The highest BCUT2D eigenvalue weighted by Gasteiger charge is 2.46. The fourth-order valence-corrected chi connectivity index (χ4v) is 2.62. The zero-order chi connectivity index (χ0) is 11.9. The third-order valence-electron chi connectivity index (χ3n) is 2.51. The van der Waals surface area contributed by atoms with Crippen molar-refractivity contribution in [2.45, 2.75) is 31.8 Å². The highest BCUT2D eigenvalue weighted by molar-refractivity contribution is 14.1. The van der Waals surface area contributed by atoms with Gasteiger partial charge in [0.15, 0.2) is 5.79 Å². The van der Waals surface area contributed by atoms with E-state index >= 15 is 0 Å². The van der Waals surface area contributed by atoms with Crippen molar-refractivity contribution in [3.05, 3.63) is 21.3 Å². The van der Waals surface area contributed by atoms with Crippen LogP contribution in [0.5, 0.6) is 0 Å². The molecular formula is C11H13IO4. The van der Waals surface area contributed by atoms with E-state index < -0.39 is 5.79 Å². The summed E-state index contributed by atoms with van der Waals surface area (Å²) in [7, 11) is 1.37. The molecule has 0 radical (unpaired) electrons. The molecule has 0 aromatic heterocycles. The molecule has 0 N–H and O–H groups in total. The Bertz CT molecular complexity index is 383. The van der Waals surface area contributed by atoms with Crippen molar-refractivity contribution in [2.24, 2.45) is 0 Å². The van der Waals surface area contributed by atoms with Crippen LogP contribution in [0.2, 0.25) is 0 Å². The van der Waals surface area contributed by atoms with E-state index in [1.54, 1.807) is 0 Å². The molecular weight excluding hydrogens is 323 g/mol. The highest BCUT2D eigenvalue weighted by Crippen LogP contribution is 2.38. The van der Waals surface area contributed by atoms with Gasteiger partial charge in [-0.2, -0.15) is 0 Å². The number of carbonyl (C=O) groups is 1. The van der Waals surface area contributed by atoms with Crippen LogP contribution in [0.3, 0.4) is 0 Å². The summed E-state index contributed by atoms with van der Waals surface area (Å²) in [6, 6.07) is 0. The Morgan fingerprint density at radius 3 is 2.81 bits per heavy atom. The van der Waals surface area contributed by atoms with Gasteiger partial charge in [0.2, 0.25) is 0 Å². The topological polar surface area (TPSA) is 44.8 Å². The Kier molecular flexibility index (Phi) is 3.11. The Morgan fingerprint density at radius 2 is 2.19 bits per heavy atom. The summed E-state index contributed by atoms with van der Waals surface area (Å²) < 4.78 is 17.0. The van der Waals surface area contributed by atoms with E-state index in [0.29, 0.717) is 5.57 Å². The second-order valence-electron chi connectivity index (χ2n) is 4.13. The monoisotopic (exact) mass is 336 g/mol. The fourth-order valence-electron chi connectivity index (χ4n) is 1.88. The van der Waals surface area contributed by atoms with Gasteiger partial charge in [-0.25, -0.2) is 4.79 Å². The van der Waals surface area contributed by atoms with E-state index in [1.807, 2.05) is 26.0 Å². The molecule has 88 valence electrons. The van der Waals surface area contributed by atoms with Crippen molar-refractivity contribution >= 4 is 28.6 Å². The molecule has 0 saturated carbocycles. The first-order chi connectivity index (χ1) is 7.44. The number of ether oxygens (including phenoxy) is 3. The van der Waals surface area contributed by atoms with Crippen molar-refractivity contribution in [2.75, 3.05) is 7.11 Å². The zero-order valence-corrected chi connectivity index (χ0v) is 11.5. The number of hydrogen-bond acceptors (Lipinski definition) is 4. The normalized spacial score (nSPS) is 31.5. The van der Waals surface area contributed by atoms with Crippen LogP contribution in [-0.4, -0.2) is 31.1 Å². The molecule has 1 fully saturated rings. The molecule has 0 amide bonds. The average Bonchev–Trinajstić information content (AvgIpc) is 2.51. The smallest absolute Gasteiger partial charge is 0.337 e. The minimum absolute atomic E-state index is 0.206. The van der Waals surface area contributed by atoms with Crippen LogP contribution in [0.25, 0.3) is 0 Å². The molecule has 0 aromatic carbocycles. The molecule has 0 aromatic rings. The largest absolute Gasteiger partial charge is 0.466 e. The van der Waals surface area contributed by atoms with Gasteiger partial charge in [0.05, 0.1) is 12.7 Å². The number of methoxy groups -OCH3 is 1. The molecule has 0 unspecified atom stereocenters. The summed E-state index contributed by atoms with van der Waals surface area (Å²) in [5, 5.41) is 0. The maximum Gasteiger partial charge on any atom is 0.337 e. The molecule has 1 heterocycles. The fraction of sp³-hybridized carbons (Fsp3) is 0.545. The van der Waals surface area contributed by atoms with Gasteiger partial charge in [-0.3, -0.25) is 0 Å². The van der Waals surface area contributed by atoms with Crippen molar-refractivity contribution in [1.29, 1.82) is 0 Å². The Hall–Kier alpha value is -0.400. The summed E-state index contributed by atoms with van der Waals surface area (Å²) in [4.78, 5) is 11.7. The first-order valence-corrected chi connectivity index (χ1v) is 6.04. The molecule has 1 aliphatic carbocycles. The van der Waals surface area contributed by atoms with Crippen LogP contribution in [-0.2, 0) is 19.0 Å². The Labute approximate surface area is 108 Å². The maximum absolute atomic E-state index is 11.7. The third-order valence-corrected chi connectivity index (χ3v) is 3.45. The predicted molar refractivity (Wildman–Crippen MR) is 66.0 cm³/mol. The van der Waals surface area contributed by atoms with Gasteiger partial charge in [0.25, 0.3) is 0 Å². The first kappa shape index (κ1) is 12.1. The standard InChI is InChI=1S/C11H13IO4/c1-11(2)15-7-5-4-6(12)8(9(7)16-11)10(13)14-3/h4-5,7,9H,1-3H3/t7-,9-/m0/s1. The van der Waals surface area contributed by atoms with Gasteiger partial charge in [-0.05, 0) is 42.5 Å². The second-order valence-corrected chi connectivity index (χ2v) is 5.30. The minimum atomic E-state index is -0.666. The summed E-state index contributed by atoms with van der Waals surface area (Å²) in [6.45, 7) is 3.67. The summed E-state index contributed by atoms with van der Waals surface area (Å²) in [5.41, 5.74) is 0.543. The van der Waals surface area contributed by atoms with Crippen LogP contribution in [0.1, 0.15) is 13.8 Å². The lowest BCUT2D eigenvalue weighted by molar-refractivity contribution is -0.145. The summed E-state index contributed by atoms with van der Waals surface area (Å²) in [6.07, 6.45) is 3.20. The maximum atomic E-state index is 11.7. The van der Waals surface area contributed by atoms with Gasteiger partial charge < -0.3 is 14.2 Å². The van der Waals surface area contributed by atoms with Gasteiger partial charge in [-0.1, -0.05) is 6.08 Å². The van der Waals surface area contributed by atoms with Crippen LogP contribution in [0.4, 0.5) is 0 Å². The molecule has 2 atom stereocenters. The predicted octanol–water partition coefficient (Wildman–Crippen LogP) is 1.94. The van der Waals surface area contributed by atoms with E-state index in [0.717, 1.165) is 3.58 Å². The first-order valence-electron chi connectivity index (χ1n) is 4.96. The molecule has 0 spiro atoms. The number of rotatable bonds is 1. The zero-order valence-electron chi connectivity index (χ0n) is 9.32. The quantitative estimate of drug-likeness (QED) is 0.542. The molecule has 2 rings (SSSR count). The van der Waals surface area contributed by atoms with Crippen LogP contribution in [0.15, 0.2) is 21.3 Å². The highest BCUT2D eigenvalue weighted by atomic mass is 127. The Morgan fingerprint density at radius 1 is 1.50 bits per heavy atom. The van der Waals surface area contributed by atoms with Crippen molar-refractivity contribution in [1.82, 2.24) is 0 Å². The van der Waals surface area contributed by atoms with Crippen molar-refractivity contribution in [3.8, 4) is 0 Å². The number of hydrogen-bond donors (Lipinski definition) is 0. The number of allylic oxidation sites excluding steroid dienone is 2. The van der Waals surface area contributed by atoms with Crippen LogP contribution < -0.4 is 0 Å². The number of carbonyl (C=O) groups excluding carboxylic acids is 1.